The van der Waals surface area contributed by atoms with Gasteiger partial charge >= 0.3 is 0 Å². The van der Waals surface area contributed by atoms with E-state index in [2.05, 4.69) is 20.5 Å². The molecule has 5 nitrogen and oxygen atoms in total. The number of nitrogens with zero attached hydrogens (tertiary/aromatic N) is 2. The average Bonchev–Trinajstić information content (AvgIpc) is 2.84. The Bertz CT molecular complexity index is 720. The van der Waals surface area contributed by atoms with Crippen LogP contribution in [0.3, 0.4) is 0 Å². The van der Waals surface area contributed by atoms with Crippen molar-refractivity contribution < 1.29 is 4.74 Å². The van der Waals surface area contributed by atoms with Crippen molar-refractivity contribution in [1.29, 1.82) is 0 Å². The molecule has 1 aromatic carbocycles. The number of nitrogens with one attached hydrogen (secondary N) is 2. The van der Waals surface area contributed by atoms with Gasteiger partial charge in [0, 0.05) is 11.1 Å². The number of methoxy groups -OCH3 is 1. The van der Waals surface area contributed by atoms with E-state index in [1.54, 1.807) is 7.11 Å². The van der Waals surface area contributed by atoms with Crippen molar-refractivity contribution >= 4 is 22.4 Å². The fourth-order valence-corrected chi connectivity index (χ4v) is 1.97. The number of ether oxygens (including phenoxy) is 1. The van der Waals surface area contributed by atoms with Gasteiger partial charge in [0.2, 0.25) is 5.88 Å². The molecular weight excluding hydrogens is 240 g/mol. The molecule has 0 aliphatic rings. The number of hydrogen-bond donors (Lipinski definition) is 2. The smallest absolute Gasteiger partial charge is 0.237 e. The van der Waals surface area contributed by atoms with E-state index in [0.29, 0.717) is 5.88 Å². The van der Waals surface area contributed by atoms with E-state index in [1.807, 2.05) is 43.3 Å². The van der Waals surface area contributed by atoms with Crippen molar-refractivity contribution in [2.24, 2.45) is 0 Å². The Labute approximate surface area is 110 Å². The number of H-pyrrole nitrogens is 1. The normalized spacial score (nSPS) is 10.6. The topological polar surface area (TPSA) is 62.8 Å². The van der Waals surface area contributed by atoms with Crippen molar-refractivity contribution in [2.75, 3.05) is 12.4 Å². The van der Waals surface area contributed by atoms with Crippen LogP contribution in [-0.4, -0.2) is 22.3 Å². The van der Waals surface area contributed by atoms with Gasteiger partial charge in [-0.2, -0.15) is 5.10 Å². The highest BCUT2D eigenvalue weighted by Crippen LogP contribution is 2.28. The summed E-state index contributed by atoms with van der Waals surface area (Å²) in [6.45, 7) is 1.93. The Morgan fingerprint density at radius 2 is 2.00 bits per heavy atom. The van der Waals surface area contributed by atoms with Crippen LogP contribution in [0.4, 0.5) is 11.5 Å². The summed E-state index contributed by atoms with van der Waals surface area (Å²) >= 11 is 0. The molecular formula is C14H14N4O. The number of aromatic amines is 1. The molecule has 0 saturated carbocycles. The summed E-state index contributed by atoms with van der Waals surface area (Å²) in [6.07, 6.45) is 0. The van der Waals surface area contributed by atoms with Gasteiger partial charge in [-0.3, -0.25) is 5.10 Å². The zero-order chi connectivity index (χ0) is 13.2. The summed E-state index contributed by atoms with van der Waals surface area (Å²) < 4.78 is 5.28. The summed E-state index contributed by atoms with van der Waals surface area (Å²) in [6, 6.07) is 11.8. The molecule has 5 heteroatoms. The van der Waals surface area contributed by atoms with E-state index < -0.39 is 0 Å². The first-order valence-corrected chi connectivity index (χ1v) is 5.99. The van der Waals surface area contributed by atoms with Crippen LogP contribution in [0, 0.1) is 6.92 Å². The molecule has 0 atom stereocenters. The minimum atomic E-state index is 0.562. The summed E-state index contributed by atoms with van der Waals surface area (Å²) in [5.74, 6) is 1.33. The van der Waals surface area contributed by atoms with Crippen molar-refractivity contribution in [3.63, 3.8) is 0 Å². The van der Waals surface area contributed by atoms with Gasteiger partial charge in [-0.15, -0.1) is 0 Å². The third-order valence-electron chi connectivity index (χ3n) is 2.92. The maximum atomic E-state index is 5.28. The predicted octanol–water partition coefficient (Wildman–Crippen LogP) is 3.02. The minimum absolute atomic E-state index is 0.562. The van der Waals surface area contributed by atoms with Crippen LogP contribution in [-0.2, 0) is 0 Å². The van der Waals surface area contributed by atoms with E-state index in [-0.39, 0.29) is 0 Å². The maximum Gasteiger partial charge on any atom is 0.237 e. The van der Waals surface area contributed by atoms with Crippen molar-refractivity contribution in [3.05, 3.63) is 42.1 Å². The second-order valence-electron chi connectivity index (χ2n) is 4.25. The van der Waals surface area contributed by atoms with Gasteiger partial charge in [-0.05, 0) is 31.2 Å². The number of benzene rings is 1. The first-order valence-electron chi connectivity index (χ1n) is 5.99. The lowest BCUT2D eigenvalue weighted by Gasteiger charge is -2.09. The summed E-state index contributed by atoms with van der Waals surface area (Å²) in [7, 11) is 1.61. The van der Waals surface area contributed by atoms with Gasteiger partial charge in [-0.1, -0.05) is 12.1 Å². The van der Waals surface area contributed by atoms with Gasteiger partial charge in [0.1, 0.15) is 5.69 Å². The molecule has 2 aromatic heterocycles. The van der Waals surface area contributed by atoms with E-state index in [9.17, 15) is 0 Å². The number of fused-ring (bicyclic) bond motifs is 1. The molecule has 0 aliphatic carbocycles. The van der Waals surface area contributed by atoms with Crippen LogP contribution in [0.5, 0.6) is 5.88 Å². The maximum absolute atomic E-state index is 5.28. The van der Waals surface area contributed by atoms with Gasteiger partial charge in [0.25, 0.3) is 0 Å². The second kappa shape index (κ2) is 4.61. The molecule has 3 aromatic rings. The molecule has 2 heterocycles. The second-order valence-corrected chi connectivity index (χ2v) is 4.25. The molecule has 19 heavy (non-hydrogen) atoms. The molecule has 0 amide bonds. The van der Waals surface area contributed by atoms with E-state index >= 15 is 0 Å². The Morgan fingerprint density at radius 1 is 1.16 bits per heavy atom. The number of pyridine rings is 1. The molecule has 0 fully saturated rings. The van der Waals surface area contributed by atoms with Crippen LogP contribution in [0.15, 0.2) is 36.4 Å². The first kappa shape index (κ1) is 11.5. The zero-order valence-electron chi connectivity index (χ0n) is 10.8. The monoisotopic (exact) mass is 254 g/mol. The number of para-hydroxylation sites is 1. The molecule has 0 radical (unpaired) electrons. The molecule has 96 valence electrons. The first-order chi connectivity index (χ1) is 9.28. The molecule has 0 unspecified atom stereocenters. The number of aromatic nitrogens is 3. The van der Waals surface area contributed by atoms with E-state index in [4.69, 9.17) is 4.74 Å². The molecule has 0 spiro atoms. The Balaban J connectivity index is 2.01. The molecule has 0 saturated heterocycles. The average molecular weight is 254 g/mol. The lowest BCUT2D eigenvalue weighted by atomic mass is 10.2. The fraction of sp³-hybridized carbons (Fsp3) is 0.143. The summed E-state index contributed by atoms with van der Waals surface area (Å²) in [5, 5.41) is 11.5. The van der Waals surface area contributed by atoms with Crippen molar-refractivity contribution in [2.45, 2.75) is 6.92 Å². The van der Waals surface area contributed by atoms with Gasteiger partial charge in [0.05, 0.1) is 12.6 Å². The highest BCUT2D eigenvalue weighted by molar-refractivity contribution is 5.91. The number of rotatable bonds is 3. The van der Waals surface area contributed by atoms with Crippen LogP contribution in [0.25, 0.3) is 10.9 Å². The number of aryl methyl sites for hydroxylation is 1. The van der Waals surface area contributed by atoms with Crippen molar-refractivity contribution in [1.82, 2.24) is 15.2 Å². The SMILES string of the molecule is COc1nc(C)ccc1Nc1n[nH]c2ccccc12. The Kier molecular flexibility index (Phi) is 2.79. The highest BCUT2D eigenvalue weighted by atomic mass is 16.5. The molecule has 0 bridgehead atoms. The van der Waals surface area contributed by atoms with Gasteiger partial charge < -0.3 is 10.1 Å². The third-order valence-corrected chi connectivity index (χ3v) is 2.92. The highest BCUT2D eigenvalue weighted by Gasteiger charge is 2.09. The standard InChI is InChI=1S/C14H14N4O/c1-9-7-8-12(14(15-9)19-2)16-13-10-5-3-4-6-11(10)17-18-13/h3-8H,1-2H3,(H2,16,17,18). The Hall–Kier alpha value is -2.56. The Morgan fingerprint density at radius 3 is 2.84 bits per heavy atom. The summed E-state index contributed by atoms with van der Waals surface area (Å²) in [4.78, 5) is 4.33. The van der Waals surface area contributed by atoms with Crippen LogP contribution in [0.1, 0.15) is 5.69 Å². The number of anilines is 2. The zero-order valence-corrected chi connectivity index (χ0v) is 10.8. The molecule has 3 rings (SSSR count). The predicted molar refractivity (Wildman–Crippen MR) is 74.9 cm³/mol. The van der Waals surface area contributed by atoms with Crippen LogP contribution in [0.2, 0.25) is 0 Å². The molecule has 2 N–H and O–H groups in total. The third kappa shape index (κ3) is 2.10. The van der Waals surface area contributed by atoms with Crippen molar-refractivity contribution in [3.8, 4) is 5.88 Å². The van der Waals surface area contributed by atoms with E-state index in [0.717, 1.165) is 28.1 Å². The number of hydrogen-bond acceptors (Lipinski definition) is 4. The lowest BCUT2D eigenvalue weighted by Crippen LogP contribution is -1.98. The minimum Gasteiger partial charge on any atom is -0.480 e. The van der Waals surface area contributed by atoms with Crippen LogP contribution < -0.4 is 10.1 Å². The molecule has 0 aliphatic heterocycles. The fourth-order valence-electron chi connectivity index (χ4n) is 1.97. The quantitative estimate of drug-likeness (QED) is 0.754. The van der Waals surface area contributed by atoms with Gasteiger partial charge in [0.15, 0.2) is 5.82 Å². The van der Waals surface area contributed by atoms with Gasteiger partial charge in [-0.25, -0.2) is 4.98 Å². The van der Waals surface area contributed by atoms with E-state index in [1.165, 1.54) is 0 Å². The lowest BCUT2D eigenvalue weighted by molar-refractivity contribution is 0.399. The van der Waals surface area contributed by atoms with Crippen LogP contribution >= 0.6 is 0 Å². The largest absolute Gasteiger partial charge is 0.480 e. The summed E-state index contributed by atoms with van der Waals surface area (Å²) in [5.41, 5.74) is 2.70.